The average molecular weight is 393 g/mol. The van der Waals surface area contributed by atoms with Gasteiger partial charge in [0.05, 0.1) is 0 Å². The molecule has 4 unspecified atom stereocenters. The summed E-state index contributed by atoms with van der Waals surface area (Å²) < 4.78 is 0. The third-order valence-electron chi connectivity index (χ3n) is 7.37. The van der Waals surface area contributed by atoms with Gasteiger partial charge in [-0.25, -0.2) is 0 Å². The monoisotopic (exact) mass is 392 g/mol. The zero-order chi connectivity index (χ0) is 21.1. The molecule has 166 valence electrons. The lowest BCUT2D eigenvalue weighted by Crippen LogP contribution is -2.39. The Labute approximate surface area is 178 Å². The maximum absolute atomic E-state index is 2.63. The highest BCUT2D eigenvalue weighted by Crippen LogP contribution is 2.39. The summed E-state index contributed by atoms with van der Waals surface area (Å²) in [6.07, 6.45) is 18.0. The molecule has 0 aromatic rings. The summed E-state index contributed by atoms with van der Waals surface area (Å²) in [4.78, 5) is 5.22. The molecule has 4 heterocycles. The summed E-state index contributed by atoms with van der Waals surface area (Å²) in [6.45, 7) is 12.6. The van der Waals surface area contributed by atoms with Crippen molar-refractivity contribution in [2.24, 2.45) is 5.92 Å². The van der Waals surface area contributed by atoms with E-state index >= 15 is 0 Å². The van der Waals surface area contributed by atoms with Crippen molar-refractivity contribution in [2.45, 2.75) is 136 Å². The molecule has 0 spiro atoms. The molecule has 4 rings (SSSR count). The van der Waals surface area contributed by atoms with Crippen LogP contribution in [0.4, 0.5) is 0 Å². The number of rotatable bonds is 3. The van der Waals surface area contributed by atoms with Crippen LogP contribution in [0.2, 0.25) is 0 Å². The summed E-state index contributed by atoms with van der Waals surface area (Å²) in [5, 5.41) is 0. The lowest BCUT2D eigenvalue weighted by molar-refractivity contribution is 0.129. The van der Waals surface area contributed by atoms with E-state index in [2.05, 4.69) is 43.8 Å². The van der Waals surface area contributed by atoms with Crippen molar-refractivity contribution < 1.29 is 0 Å². The molecule has 0 saturated carbocycles. The van der Waals surface area contributed by atoms with Gasteiger partial charge in [0.2, 0.25) is 0 Å². The molecule has 0 aliphatic carbocycles. The third kappa shape index (κ3) is 6.87. The van der Waals surface area contributed by atoms with E-state index < -0.39 is 0 Å². The Morgan fingerprint density at radius 3 is 1.61 bits per heavy atom. The van der Waals surface area contributed by atoms with E-state index in [0.717, 1.165) is 30.1 Å². The van der Waals surface area contributed by atoms with Gasteiger partial charge >= 0.3 is 0 Å². The fourth-order valence-corrected chi connectivity index (χ4v) is 5.89. The lowest BCUT2D eigenvalue weighted by Gasteiger charge is -2.36. The number of hydrogen-bond donors (Lipinski definition) is 0. The minimum atomic E-state index is 0.876. The van der Waals surface area contributed by atoms with Crippen molar-refractivity contribution >= 4 is 0 Å². The highest BCUT2D eigenvalue weighted by atomic mass is 15.2. The molecule has 28 heavy (non-hydrogen) atoms. The van der Waals surface area contributed by atoms with E-state index in [9.17, 15) is 0 Å². The Hall–Kier alpha value is -0.340. The first-order valence-electron chi connectivity index (χ1n) is 12.7. The van der Waals surface area contributed by atoms with Crippen LogP contribution < -0.4 is 0 Å². The zero-order valence-electron chi connectivity index (χ0n) is 20.6. The molecule has 0 radical (unpaired) electrons. The molecule has 4 aliphatic heterocycles. The molecule has 0 aromatic carbocycles. The van der Waals surface area contributed by atoms with Gasteiger partial charge < -0.3 is 4.90 Å². The predicted molar refractivity (Wildman–Crippen MR) is 127 cm³/mol. The number of piperidine rings is 2. The Bertz CT molecular complexity index is 400. The SMILES string of the molecule is CC.CC.CCC=C1CC2CCC(C1)N2C.CCCC1CC2CCC(C1)N2C. The quantitative estimate of drug-likeness (QED) is 0.465. The van der Waals surface area contributed by atoms with Gasteiger partial charge in [-0.3, -0.25) is 4.90 Å². The van der Waals surface area contributed by atoms with E-state index in [1.54, 1.807) is 5.57 Å². The van der Waals surface area contributed by atoms with Crippen LogP contribution in [0.5, 0.6) is 0 Å². The molecular weight excluding hydrogens is 340 g/mol. The van der Waals surface area contributed by atoms with Crippen molar-refractivity contribution in [2.75, 3.05) is 14.1 Å². The predicted octanol–water partition coefficient (Wildman–Crippen LogP) is 7.29. The molecule has 4 fully saturated rings. The summed E-state index contributed by atoms with van der Waals surface area (Å²) in [5.41, 5.74) is 1.73. The average Bonchev–Trinajstić information content (AvgIpc) is 3.06. The van der Waals surface area contributed by atoms with E-state index in [0.29, 0.717) is 0 Å². The second kappa shape index (κ2) is 13.8. The van der Waals surface area contributed by atoms with Crippen molar-refractivity contribution in [3.8, 4) is 0 Å². The van der Waals surface area contributed by atoms with Crippen LogP contribution >= 0.6 is 0 Å². The highest BCUT2D eigenvalue weighted by molar-refractivity contribution is 5.13. The van der Waals surface area contributed by atoms with Crippen LogP contribution in [-0.2, 0) is 0 Å². The topological polar surface area (TPSA) is 6.48 Å². The van der Waals surface area contributed by atoms with Gasteiger partial charge in [0.1, 0.15) is 0 Å². The van der Waals surface area contributed by atoms with Crippen molar-refractivity contribution in [3.05, 3.63) is 11.6 Å². The van der Waals surface area contributed by atoms with Crippen molar-refractivity contribution in [1.82, 2.24) is 9.80 Å². The van der Waals surface area contributed by atoms with Crippen LogP contribution in [0.3, 0.4) is 0 Å². The van der Waals surface area contributed by atoms with Gasteiger partial charge in [0.25, 0.3) is 0 Å². The summed E-state index contributed by atoms with van der Waals surface area (Å²) in [7, 11) is 4.62. The third-order valence-corrected chi connectivity index (χ3v) is 7.37. The fourth-order valence-electron chi connectivity index (χ4n) is 5.89. The van der Waals surface area contributed by atoms with E-state index in [1.807, 2.05) is 27.7 Å². The first-order valence-corrected chi connectivity index (χ1v) is 12.7. The van der Waals surface area contributed by atoms with Gasteiger partial charge in [-0.2, -0.15) is 0 Å². The Morgan fingerprint density at radius 1 is 0.750 bits per heavy atom. The number of allylic oxidation sites excluding steroid dienone is 1. The van der Waals surface area contributed by atoms with E-state index in [-0.39, 0.29) is 0 Å². The number of nitrogens with zero attached hydrogens (tertiary/aromatic N) is 2. The largest absolute Gasteiger partial charge is 0.300 e. The molecule has 0 N–H and O–H groups in total. The Balaban J connectivity index is 0.000000238. The second-order valence-corrected chi connectivity index (χ2v) is 8.91. The van der Waals surface area contributed by atoms with Crippen LogP contribution in [0.25, 0.3) is 0 Å². The van der Waals surface area contributed by atoms with Crippen molar-refractivity contribution in [1.29, 1.82) is 0 Å². The fraction of sp³-hybridized carbons (Fsp3) is 0.923. The normalized spacial score (nSPS) is 33.7. The maximum Gasteiger partial charge on any atom is 0.0133 e. The van der Waals surface area contributed by atoms with Crippen molar-refractivity contribution in [3.63, 3.8) is 0 Å². The van der Waals surface area contributed by atoms with Crippen LogP contribution in [0.15, 0.2) is 11.6 Å². The summed E-state index contributed by atoms with van der Waals surface area (Å²) in [6, 6.07) is 3.64. The van der Waals surface area contributed by atoms with Gasteiger partial charge in [0, 0.05) is 24.2 Å². The van der Waals surface area contributed by atoms with Gasteiger partial charge in [-0.15, -0.1) is 0 Å². The van der Waals surface area contributed by atoms with Gasteiger partial charge in [-0.05, 0) is 77.8 Å². The van der Waals surface area contributed by atoms with E-state index in [4.69, 9.17) is 0 Å². The van der Waals surface area contributed by atoms with Gasteiger partial charge in [0.15, 0.2) is 0 Å². The molecule has 4 saturated heterocycles. The Morgan fingerprint density at radius 2 is 1.18 bits per heavy atom. The van der Waals surface area contributed by atoms with Crippen LogP contribution in [0, 0.1) is 5.92 Å². The molecule has 4 atom stereocenters. The Kier molecular flexibility index (Phi) is 12.7. The lowest BCUT2D eigenvalue weighted by atomic mass is 9.88. The maximum atomic E-state index is 2.63. The smallest absolute Gasteiger partial charge is 0.0133 e. The molecule has 4 aliphatic rings. The zero-order valence-corrected chi connectivity index (χ0v) is 20.6. The first-order chi connectivity index (χ1) is 13.6. The first kappa shape index (κ1) is 25.7. The number of fused-ring (bicyclic) bond motifs is 4. The number of hydrogen-bond acceptors (Lipinski definition) is 2. The van der Waals surface area contributed by atoms with Gasteiger partial charge in [-0.1, -0.05) is 66.0 Å². The minimum absolute atomic E-state index is 0.876. The molecule has 2 heteroatoms. The molecule has 4 bridgehead atoms. The molecule has 2 nitrogen and oxygen atoms in total. The second-order valence-electron chi connectivity index (χ2n) is 8.91. The highest BCUT2D eigenvalue weighted by Gasteiger charge is 2.37. The standard InChI is InChI=1S/C11H21N.C11H19N.2C2H6/c2*1-3-4-9-7-10-5-6-11(8-9)12(10)2;2*1-2/h9-11H,3-8H2,1-2H3;4,10-11H,3,5-8H2,1-2H3;2*1-2H3. The molecule has 0 aromatic heterocycles. The summed E-state index contributed by atoms with van der Waals surface area (Å²) >= 11 is 0. The molecular formula is C26H52N2. The summed E-state index contributed by atoms with van der Waals surface area (Å²) in [5.74, 6) is 1.06. The van der Waals surface area contributed by atoms with Crippen LogP contribution in [0.1, 0.15) is 112 Å². The van der Waals surface area contributed by atoms with Crippen LogP contribution in [-0.4, -0.2) is 48.1 Å². The minimum Gasteiger partial charge on any atom is -0.300 e. The molecule has 0 amide bonds. The van der Waals surface area contributed by atoms with E-state index in [1.165, 1.54) is 70.6 Å².